The van der Waals surface area contributed by atoms with E-state index in [1.165, 1.54) is 9.75 Å². The van der Waals surface area contributed by atoms with Crippen LogP contribution in [0, 0.1) is 6.92 Å². The Morgan fingerprint density at radius 2 is 1.96 bits per heavy atom. The van der Waals surface area contributed by atoms with Crippen molar-refractivity contribution >= 4 is 23.2 Å². The molecule has 0 saturated heterocycles. The minimum absolute atomic E-state index is 0.0148. The van der Waals surface area contributed by atoms with Gasteiger partial charge in [0.1, 0.15) is 0 Å². The molecule has 0 fully saturated rings. The summed E-state index contributed by atoms with van der Waals surface area (Å²) in [6.45, 7) is 5.73. The number of aryl methyl sites for hydroxylation is 1. The number of benzene rings is 1. The molecular weight excluding hydrogens is 354 g/mol. The molecule has 26 heavy (non-hydrogen) atoms. The lowest BCUT2D eigenvalue weighted by molar-refractivity contribution is -0.139. The first-order valence-electron chi connectivity index (χ1n) is 8.36. The van der Waals surface area contributed by atoms with Crippen molar-refractivity contribution < 1.29 is 24.2 Å². The number of rotatable bonds is 9. The largest absolute Gasteiger partial charge is 0.490 e. The van der Waals surface area contributed by atoms with E-state index in [9.17, 15) is 9.59 Å². The molecule has 0 aliphatic carbocycles. The van der Waals surface area contributed by atoms with Crippen molar-refractivity contribution in [1.29, 1.82) is 0 Å². The summed E-state index contributed by atoms with van der Waals surface area (Å²) in [5.74, 6) is -0.640. The third-order valence-corrected chi connectivity index (χ3v) is 4.56. The van der Waals surface area contributed by atoms with Gasteiger partial charge in [-0.3, -0.25) is 4.79 Å². The van der Waals surface area contributed by atoms with Gasteiger partial charge in [0.05, 0.1) is 6.61 Å². The van der Waals surface area contributed by atoms with E-state index in [2.05, 4.69) is 24.4 Å². The van der Waals surface area contributed by atoms with Crippen LogP contribution in [0.3, 0.4) is 0 Å². The van der Waals surface area contributed by atoms with Gasteiger partial charge in [-0.2, -0.15) is 0 Å². The second kappa shape index (κ2) is 9.24. The molecule has 140 valence electrons. The molecule has 6 nitrogen and oxygen atoms in total. The quantitative estimate of drug-likeness (QED) is 0.700. The lowest BCUT2D eigenvalue weighted by atomic mass is 10.1. The topological polar surface area (TPSA) is 84.9 Å². The highest BCUT2D eigenvalue weighted by Gasteiger charge is 2.15. The molecule has 0 aliphatic heterocycles. The van der Waals surface area contributed by atoms with Crippen LogP contribution < -0.4 is 14.8 Å². The summed E-state index contributed by atoms with van der Waals surface area (Å²) in [7, 11) is 0. The van der Waals surface area contributed by atoms with Gasteiger partial charge in [0.2, 0.25) is 0 Å². The summed E-state index contributed by atoms with van der Waals surface area (Å²) < 4.78 is 10.7. The minimum Gasteiger partial charge on any atom is -0.490 e. The molecule has 1 aromatic carbocycles. The zero-order valence-electron chi connectivity index (χ0n) is 15.1. The highest BCUT2D eigenvalue weighted by atomic mass is 32.1. The Morgan fingerprint density at radius 1 is 1.19 bits per heavy atom. The second-order valence-corrected chi connectivity index (χ2v) is 7.24. The number of hydrogen-bond donors (Lipinski definition) is 2. The zero-order valence-corrected chi connectivity index (χ0v) is 15.9. The van der Waals surface area contributed by atoms with Gasteiger partial charge < -0.3 is 19.9 Å². The van der Waals surface area contributed by atoms with Crippen molar-refractivity contribution in [1.82, 2.24) is 5.32 Å². The Bertz CT molecular complexity index is 771. The normalized spacial score (nSPS) is 11.7. The first-order chi connectivity index (χ1) is 12.4. The zero-order chi connectivity index (χ0) is 19.1. The fraction of sp³-hybridized carbons (Fsp3) is 0.368. The Morgan fingerprint density at radius 3 is 2.58 bits per heavy atom. The van der Waals surface area contributed by atoms with Gasteiger partial charge in [-0.15, -0.1) is 11.3 Å². The third kappa shape index (κ3) is 5.77. The fourth-order valence-corrected chi connectivity index (χ4v) is 3.45. The first kappa shape index (κ1) is 19.8. The predicted molar refractivity (Wildman–Crippen MR) is 100 cm³/mol. The van der Waals surface area contributed by atoms with Crippen LogP contribution in [0.2, 0.25) is 0 Å². The monoisotopic (exact) mass is 377 g/mol. The van der Waals surface area contributed by atoms with Crippen molar-refractivity contribution in [2.45, 2.75) is 33.2 Å². The number of thiophene rings is 1. The maximum atomic E-state index is 12.5. The Hall–Kier alpha value is -2.54. The SMILES string of the molecule is CCOc1cc(C(=O)NC(C)Cc2ccc(C)s2)ccc1OCC(=O)O. The van der Waals surface area contributed by atoms with Gasteiger partial charge in [-0.05, 0) is 51.1 Å². The molecule has 1 atom stereocenters. The van der Waals surface area contributed by atoms with E-state index in [-0.39, 0.29) is 11.9 Å². The van der Waals surface area contributed by atoms with Gasteiger partial charge in [-0.25, -0.2) is 4.79 Å². The highest BCUT2D eigenvalue weighted by Crippen LogP contribution is 2.28. The Kier molecular flexibility index (Phi) is 7.03. The number of carbonyl (C=O) groups excluding carboxylic acids is 1. The molecule has 0 bridgehead atoms. The van der Waals surface area contributed by atoms with Crippen LogP contribution in [0.15, 0.2) is 30.3 Å². The molecule has 2 rings (SSSR count). The molecule has 0 spiro atoms. The Balaban J connectivity index is 2.04. The summed E-state index contributed by atoms with van der Waals surface area (Å²) in [5, 5.41) is 11.7. The minimum atomic E-state index is -1.08. The van der Waals surface area contributed by atoms with Crippen molar-refractivity contribution in [3.63, 3.8) is 0 Å². The average Bonchev–Trinajstić information content (AvgIpc) is 2.98. The third-order valence-electron chi connectivity index (χ3n) is 3.54. The maximum Gasteiger partial charge on any atom is 0.341 e. The van der Waals surface area contributed by atoms with E-state index >= 15 is 0 Å². The van der Waals surface area contributed by atoms with Crippen LogP contribution in [-0.2, 0) is 11.2 Å². The smallest absolute Gasteiger partial charge is 0.341 e. The lowest BCUT2D eigenvalue weighted by Crippen LogP contribution is -2.33. The number of carboxylic acid groups (broad SMARTS) is 1. The van der Waals surface area contributed by atoms with Gasteiger partial charge >= 0.3 is 5.97 Å². The first-order valence-corrected chi connectivity index (χ1v) is 9.18. The molecule has 2 aromatic rings. The summed E-state index contributed by atoms with van der Waals surface area (Å²) in [6, 6.07) is 8.84. The van der Waals surface area contributed by atoms with E-state index < -0.39 is 12.6 Å². The number of amides is 1. The molecule has 1 amide bonds. The average molecular weight is 377 g/mol. The predicted octanol–water partition coefficient (Wildman–Crippen LogP) is 3.28. The number of ether oxygens (including phenoxy) is 2. The maximum absolute atomic E-state index is 12.5. The molecular formula is C19H23NO5S. The molecule has 1 heterocycles. The molecule has 1 aromatic heterocycles. The van der Waals surface area contributed by atoms with Crippen molar-refractivity contribution in [3.05, 3.63) is 45.6 Å². The lowest BCUT2D eigenvalue weighted by Gasteiger charge is -2.15. The van der Waals surface area contributed by atoms with Gasteiger partial charge in [-0.1, -0.05) is 0 Å². The number of nitrogens with one attached hydrogen (secondary N) is 1. The van der Waals surface area contributed by atoms with Crippen LogP contribution in [0.25, 0.3) is 0 Å². The van der Waals surface area contributed by atoms with Crippen LogP contribution in [0.4, 0.5) is 0 Å². The van der Waals surface area contributed by atoms with Crippen LogP contribution in [-0.4, -0.2) is 36.2 Å². The molecule has 0 saturated carbocycles. The van der Waals surface area contributed by atoms with E-state index in [1.54, 1.807) is 36.5 Å². The summed E-state index contributed by atoms with van der Waals surface area (Å²) in [6.07, 6.45) is 0.766. The summed E-state index contributed by atoms with van der Waals surface area (Å²) in [5.41, 5.74) is 0.435. The fourth-order valence-electron chi connectivity index (χ4n) is 2.43. The van der Waals surface area contributed by atoms with E-state index in [1.807, 2.05) is 6.92 Å². The summed E-state index contributed by atoms with van der Waals surface area (Å²) >= 11 is 1.72. The Labute approximate surface area is 156 Å². The number of aliphatic carboxylic acids is 1. The van der Waals surface area contributed by atoms with E-state index in [4.69, 9.17) is 14.6 Å². The summed E-state index contributed by atoms with van der Waals surface area (Å²) in [4.78, 5) is 25.6. The van der Waals surface area contributed by atoms with Crippen LogP contribution in [0.5, 0.6) is 11.5 Å². The molecule has 2 N–H and O–H groups in total. The highest BCUT2D eigenvalue weighted by molar-refractivity contribution is 7.11. The van der Waals surface area contributed by atoms with Gasteiger partial charge in [0.15, 0.2) is 18.1 Å². The number of carboxylic acids is 1. The van der Waals surface area contributed by atoms with Gasteiger partial charge in [0, 0.05) is 27.8 Å². The molecule has 0 radical (unpaired) electrons. The van der Waals surface area contributed by atoms with Crippen molar-refractivity contribution in [2.24, 2.45) is 0 Å². The van der Waals surface area contributed by atoms with Crippen molar-refractivity contribution in [2.75, 3.05) is 13.2 Å². The molecule has 0 aliphatic rings. The molecule has 1 unspecified atom stereocenters. The van der Waals surface area contributed by atoms with E-state index in [0.717, 1.165) is 6.42 Å². The van der Waals surface area contributed by atoms with Gasteiger partial charge in [0.25, 0.3) is 5.91 Å². The standard InChI is InChI=1S/C19H23NO5S/c1-4-24-17-10-14(6-8-16(17)25-11-18(21)22)19(23)20-12(2)9-15-7-5-13(3)26-15/h5-8,10,12H,4,9,11H2,1-3H3,(H,20,23)(H,21,22). The molecule has 7 heteroatoms. The van der Waals surface area contributed by atoms with E-state index in [0.29, 0.717) is 23.7 Å². The second-order valence-electron chi connectivity index (χ2n) is 5.87. The van der Waals surface area contributed by atoms with Crippen molar-refractivity contribution in [3.8, 4) is 11.5 Å². The van der Waals surface area contributed by atoms with Crippen LogP contribution in [0.1, 0.15) is 34.0 Å². The van der Waals surface area contributed by atoms with Crippen LogP contribution >= 0.6 is 11.3 Å². The number of hydrogen-bond acceptors (Lipinski definition) is 5. The number of carbonyl (C=O) groups is 2.